The number of nitrogens with one attached hydrogen (secondary N) is 2. The summed E-state index contributed by atoms with van der Waals surface area (Å²) < 4.78 is 13.4. The van der Waals surface area contributed by atoms with Crippen LogP contribution in [0, 0.1) is 4.77 Å². The van der Waals surface area contributed by atoms with Gasteiger partial charge in [-0.3, -0.25) is 0 Å². The first kappa shape index (κ1) is 19.3. The Balaban J connectivity index is 1.83. The minimum atomic E-state index is 0.481. The number of aromatic amines is 1. The van der Waals surface area contributed by atoms with Crippen molar-refractivity contribution >= 4 is 23.8 Å². The van der Waals surface area contributed by atoms with Crippen LogP contribution in [0.4, 0.5) is 0 Å². The molecule has 3 aromatic rings. The normalized spacial score (nSPS) is 10.6. The van der Waals surface area contributed by atoms with Gasteiger partial charge in [-0.1, -0.05) is 48.9 Å². The Morgan fingerprint density at radius 2 is 2.04 bits per heavy atom. The van der Waals surface area contributed by atoms with E-state index in [4.69, 9.17) is 33.3 Å². The summed E-state index contributed by atoms with van der Waals surface area (Å²) in [6.07, 6.45) is 0.893. The number of hydrogen-bond acceptors (Lipinski definition) is 5. The monoisotopic (exact) mass is 404 g/mol. The zero-order valence-electron chi connectivity index (χ0n) is 15.2. The fourth-order valence-electron chi connectivity index (χ4n) is 2.61. The summed E-state index contributed by atoms with van der Waals surface area (Å²) in [7, 11) is 1.60. The first-order valence-corrected chi connectivity index (χ1v) is 9.38. The Morgan fingerprint density at radius 3 is 2.74 bits per heavy atom. The maximum absolute atomic E-state index is 6.39. The van der Waals surface area contributed by atoms with Gasteiger partial charge in [0.15, 0.2) is 17.3 Å². The molecule has 27 heavy (non-hydrogen) atoms. The molecule has 0 bridgehead atoms. The van der Waals surface area contributed by atoms with Gasteiger partial charge >= 0.3 is 0 Å². The third kappa shape index (κ3) is 4.43. The maximum atomic E-state index is 6.39. The van der Waals surface area contributed by atoms with Crippen LogP contribution in [0.5, 0.6) is 11.5 Å². The molecule has 0 spiro atoms. The third-order valence-electron chi connectivity index (χ3n) is 3.89. The van der Waals surface area contributed by atoms with Crippen molar-refractivity contribution < 1.29 is 9.47 Å². The van der Waals surface area contributed by atoms with Crippen LogP contribution in [-0.2, 0) is 6.54 Å². The number of nitrogens with zero attached hydrogens (tertiary/aromatic N) is 2. The van der Waals surface area contributed by atoms with Crippen LogP contribution in [0.2, 0.25) is 5.02 Å². The second-order valence-electron chi connectivity index (χ2n) is 5.85. The van der Waals surface area contributed by atoms with Crippen molar-refractivity contribution in [3.8, 4) is 22.9 Å². The van der Waals surface area contributed by atoms with E-state index in [0.29, 0.717) is 40.3 Å². The molecule has 6 nitrogen and oxygen atoms in total. The van der Waals surface area contributed by atoms with Gasteiger partial charge in [0.05, 0.1) is 25.3 Å². The van der Waals surface area contributed by atoms with Crippen LogP contribution in [-0.4, -0.2) is 28.6 Å². The standard InChI is InChI=1S/C19H21ClN4O2S/c1-3-9-26-17-15(20)10-13(11-16(17)25-2)12-21-24-18(22-23-19(24)27)14-7-5-4-6-8-14/h4-8,10-11,21H,3,9,12H2,1-2H3,(H,23,27). The molecule has 0 atom stereocenters. The first-order chi connectivity index (χ1) is 13.1. The van der Waals surface area contributed by atoms with Crippen LogP contribution < -0.4 is 14.9 Å². The summed E-state index contributed by atoms with van der Waals surface area (Å²) in [5, 5.41) is 7.64. The molecule has 0 fully saturated rings. The second-order valence-corrected chi connectivity index (χ2v) is 6.64. The molecule has 0 amide bonds. The minimum Gasteiger partial charge on any atom is -0.493 e. The number of rotatable bonds is 8. The van der Waals surface area contributed by atoms with Crippen molar-refractivity contribution in [3.63, 3.8) is 0 Å². The van der Waals surface area contributed by atoms with Crippen molar-refractivity contribution in [3.05, 3.63) is 57.8 Å². The molecule has 0 saturated carbocycles. The molecule has 1 aromatic heterocycles. The predicted molar refractivity (Wildman–Crippen MR) is 110 cm³/mol. The Morgan fingerprint density at radius 1 is 1.26 bits per heavy atom. The van der Waals surface area contributed by atoms with Crippen molar-refractivity contribution in [2.75, 3.05) is 19.1 Å². The van der Waals surface area contributed by atoms with E-state index in [9.17, 15) is 0 Å². The number of hydrogen-bond donors (Lipinski definition) is 2. The molecule has 0 aliphatic heterocycles. The molecular formula is C19H21ClN4O2S. The quantitative estimate of drug-likeness (QED) is 0.528. The molecule has 0 saturated heterocycles. The number of benzene rings is 2. The average Bonchev–Trinajstić information content (AvgIpc) is 3.06. The van der Waals surface area contributed by atoms with E-state index >= 15 is 0 Å². The SMILES string of the molecule is CCCOc1c(Cl)cc(CNn2c(-c3ccccc3)n[nH]c2=S)cc1OC. The maximum Gasteiger partial charge on any atom is 0.214 e. The Labute approximate surface area is 168 Å². The fourth-order valence-corrected chi connectivity index (χ4v) is 3.10. The van der Waals surface area contributed by atoms with E-state index in [-0.39, 0.29) is 0 Å². The molecule has 3 rings (SSSR count). The number of ether oxygens (including phenoxy) is 2. The lowest BCUT2D eigenvalue weighted by atomic mass is 10.2. The number of methoxy groups -OCH3 is 1. The number of aromatic nitrogens is 3. The molecule has 0 unspecified atom stereocenters. The van der Waals surface area contributed by atoms with Gasteiger partial charge in [-0.2, -0.15) is 5.10 Å². The van der Waals surface area contributed by atoms with Gasteiger partial charge in [-0.15, -0.1) is 0 Å². The van der Waals surface area contributed by atoms with Crippen molar-refractivity contribution in [2.45, 2.75) is 19.9 Å². The van der Waals surface area contributed by atoms with Gasteiger partial charge in [0, 0.05) is 5.56 Å². The highest BCUT2D eigenvalue weighted by Gasteiger charge is 2.13. The number of halogens is 1. The highest BCUT2D eigenvalue weighted by Crippen LogP contribution is 2.36. The highest BCUT2D eigenvalue weighted by atomic mass is 35.5. The van der Waals surface area contributed by atoms with Gasteiger partial charge in [0.1, 0.15) is 0 Å². The summed E-state index contributed by atoms with van der Waals surface area (Å²) >= 11 is 11.7. The van der Waals surface area contributed by atoms with Crippen molar-refractivity contribution in [1.82, 2.24) is 14.9 Å². The molecule has 142 valence electrons. The predicted octanol–water partition coefficient (Wildman–Crippen LogP) is 4.80. The van der Waals surface area contributed by atoms with E-state index in [0.717, 1.165) is 17.5 Å². The van der Waals surface area contributed by atoms with Crippen molar-refractivity contribution in [1.29, 1.82) is 0 Å². The lowest BCUT2D eigenvalue weighted by Crippen LogP contribution is -2.16. The van der Waals surface area contributed by atoms with Gasteiger partial charge in [-0.05, 0) is 36.3 Å². The summed E-state index contributed by atoms with van der Waals surface area (Å²) in [6, 6.07) is 13.6. The largest absolute Gasteiger partial charge is 0.493 e. The van der Waals surface area contributed by atoms with Crippen LogP contribution in [0.25, 0.3) is 11.4 Å². The zero-order valence-corrected chi connectivity index (χ0v) is 16.7. The Hall–Kier alpha value is -2.51. The zero-order chi connectivity index (χ0) is 19.2. The van der Waals surface area contributed by atoms with Crippen LogP contribution in [0.1, 0.15) is 18.9 Å². The molecule has 0 aliphatic carbocycles. The molecule has 2 N–H and O–H groups in total. The van der Waals surface area contributed by atoms with Crippen molar-refractivity contribution in [2.24, 2.45) is 0 Å². The molecule has 8 heteroatoms. The summed E-state index contributed by atoms with van der Waals surface area (Å²) in [5.41, 5.74) is 5.17. The van der Waals surface area contributed by atoms with Gasteiger partial charge < -0.3 is 14.9 Å². The number of H-pyrrole nitrogens is 1. The molecule has 0 radical (unpaired) electrons. The highest BCUT2D eigenvalue weighted by molar-refractivity contribution is 7.71. The fraction of sp³-hybridized carbons (Fsp3) is 0.263. The van der Waals surface area contributed by atoms with Crippen LogP contribution in [0.15, 0.2) is 42.5 Å². The van der Waals surface area contributed by atoms with E-state index < -0.39 is 0 Å². The topological polar surface area (TPSA) is 64.1 Å². The van der Waals surface area contributed by atoms with Gasteiger partial charge in [0.2, 0.25) is 4.77 Å². The minimum absolute atomic E-state index is 0.481. The van der Waals surface area contributed by atoms with E-state index in [1.54, 1.807) is 11.8 Å². The average molecular weight is 405 g/mol. The summed E-state index contributed by atoms with van der Waals surface area (Å²) in [4.78, 5) is 0. The van der Waals surface area contributed by atoms with Gasteiger partial charge in [0.25, 0.3) is 0 Å². The lowest BCUT2D eigenvalue weighted by Gasteiger charge is -2.15. The van der Waals surface area contributed by atoms with E-state index in [1.165, 1.54) is 0 Å². The Kier molecular flexibility index (Phi) is 6.36. The van der Waals surface area contributed by atoms with Crippen LogP contribution in [0.3, 0.4) is 0 Å². The smallest absolute Gasteiger partial charge is 0.214 e. The first-order valence-electron chi connectivity index (χ1n) is 8.60. The molecular weight excluding hydrogens is 384 g/mol. The Bertz CT molecular complexity index is 956. The molecule has 2 aromatic carbocycles. The van der Waals surface area contributed by atoms with Crippen LogP contribution >= 0.6 is 23.8 Å². The van der Waals surface area contributed by atoms with E-state index in [2.05, 4.69) is 15.6 Å². The van der Waals surface area contributed by atoms with Gasteiger partial charge in [-0.25, -0.2) is 9.77 Å². The molecule has 1 heterocycles. The van der Waals surface area contributed by atoms with E-state index in [1.807, 2.05) is 49.4 Å². The second kappa shape index (κ2) is 8.92. The summed E-state index contributed by atoms with van der Waals surface area (Å²) in [5.74, 6) is 1.88. The lowest BCUT2D eigenvalue weighted by molar-refractivity contribution is 0.294. The summed E-state index contributed by atoms with van der Waals surface area (Å²) in [6.45, 7) is 3.10. The molecule has 0 aliphatic rings. The third-order valence-corrected chi connectivity index (χ3v) is 4.44.